The molecule has 0 aliphatic rings. The highest BCUT2D eigenvalue weighted by atomic mass is 16.6. The Kier molecular flexibility index (Phi) is 46.2. The van der Waals surface area contributed by atoms with Gasteiger partial charge in [0.05, 0.1) is 0 Å². The topological polar surface area (TPSA) is 78.9 Å². The van der Waals surface area contributed by atoms with Crippen molar-refractivity contribution in [1.82, 2.24) is 0 Å². The Morgan fingerprint density at radius 1 is 0.274 bits per heavy atom. The van der Waals surface area contributed by atoms with Crippen LogP contribution in [-0.4, -0.2) is 37.2 Å². The summed E-state index contributed by atoms with van der Waals surface area (Å²) in [4.78, 5) is 38.1. The highest BCUT2D eigenvalue weighted by Crippen LogP contribution is 2.18. The first-order chi connectivity index (χ1) is 30.1. The van der Waals surface area contributed by atoms with E-state index in [9.17, 15) is 14.4 Å². The molecule has 0 aromatic heterocycles. The zero-order chi connectivity index (χ0) is 45.6. The van der Waals surface area contributed by atoms with E-state index in [1.54, 1.807) is 0 Å². The average Bonchev–Trinajstić information content (AvgIpc) is 3.23. The summed E-state index contributed by atoms with van der Waals surface area (Å²) in [5.74, 6) is 1.64. The fraction of sp³-hybridized carbons (Fsp3) is 0.946. The zero-order valence-corrected chi connectivity index (χ0v) is 42.7. The van der Waals surface area contributed by atoms with Gasteiger partial charge in [0.2, 0.25) is 0 Å². The van der Waals surface area contributed by atoms with Crippen LogP contribution in [0.1, 0.15) is 305 Å². The molecule has 0 aliphatic carbocycles. The van der Waals surface area contributed by atoms with E-state index in [-0.39, 0.29) is 31.1 Å². The molecule has 0 saturated heterocycles. The van der Waals surface area contributed by atoms with Gasteiger partial charge in [0.15, 0.2) is 6.10 Å². The summed E-state index contributed by atoms with van der Waals surface area (Å²) in [7, 11) is 0. The molecule has 0 rings (SSSR count). The first-order valence-corrected chi connectivity index (χ1v) is 27.6. The molecular formula is C56H108O6. The number of rotatable bonds is 49. The molecule has 0 unspecified atom stereocenters. The van der Waals surface area contributed by atoms with E-state index >= 15 is 0 Å². The highest BCUT2D eigenvalue weighted by Gasteiger charge is 2.19. The van der Waals surface area contributed by atoms with Crippen LogP contribution >= 0.6 is 0 Å². The van der Waals surface area contributed by atoms with Crippen molar-refractivity contribution in [2.45, 2.75) is 311 Å². The smallest absolute Gasteiger partial charge is 0.306 e. The van der Waals surface area contributed by atoms with Crippen molar-refractivity contribution in [2.75, 3.05) is 13.2 Å². The van der Waals surface area contributed by atoms with Gasteiger partial charge in [-0.05, 0) is 37.0 Å². The summed E-state index contributed by atoms with van der Waals surface area (Å²) < 4.78 is 16.9. The number of hydrogen-bond acceptors (Lipinski definition) is 6. The summed E-state index contributed by atoms with van der Waals surface area (Å²) >= 11 is 0. The maximum atomic E-state index is 12.8. The van der Waals surface area contributed by atoms with Gasteiger partial charge in [0, 0.05) is 19.3 Å². The minimum Gasteiger partial charge on any atom is -0.462 e. The lowest BCUT2D eigenvalue weighted by Gasteiger charge is -2.18. The van der Waals surface area contributed by atoms with Gasteiger partial charge in [-0.25, -0.2) is 0 Å². The van der Waals surface area contributed by atoms with E-state index in [4.69, 9.17) is 14.2 Å². The van der Waals surface area contributed by atoms with Crippen molar-refractivity contribution < 1.29 is 28.6 Å². The molecule has 0 heterocycles. The molecule has 1 atom stereocenters. The number of esters is 3. The predicted octanol–water partition coefficient (Wildman–Crippen LogP) is 17.9. The third kappa shape index (κ3) is 49.4. The van der Waals surface area contributed by atoms with Crippen LogP contribution in [0, 0.1) is 17.8 Å². The Morgan fingerprint density at radius 2 is 0.468 bits per heavy atom. The highest BCUT2D eigenvalue weighted by molar-refractivity contribution is 5.71. The van der Waals surface area contributed by atoms with Crippen LogP contribution in [0.25, 0.3) is 0 Å². The minimum absolute atomic E-state index is 0.0641. The fourth-order valence-electron chi connectivity index (χ4n) is 8.47. The monoisotopic (exact) mass is 877 g/mol. The SMILES string of the molecule is CC(C)CCCCCCCCCCCCCCCC(=O)OC[C@H](COC(=O)CCCCCCCCCCCCCCC(C)C)OC(=O)CCCCCCCCCCCCC(C)C. The Balaban J connectivity index is 4.31. The molecule has 0 bridgehead atoms. The second-order valence-corrected chi connectivity index (χ2v) is 20.6. The molecular weight excluding hydrogens is 769 g/mol. The molecule has 0 spiro atoms. The van der Waals surface area contributed by atoms with Gasteiger partial charge in [-0.1, -0.05) is 266 Å². The molecule has 6 nitrogen and oxygen atoms in total. The Bertz CT molecular complexity index is 960. The first-order valence-electron chi connectivity index (χ1n) is 27.6. The molecule has 0 radical (unpaired) electrons. The molecule has 0 aliphatic heterocycles. The first kappa shape index (κ1) is 60.4. The maximum absolute atomic E-state index is 12.8. The van der Waals surface area contributed by atoms with Crippen molar-refractivity contribution in [2.24, 2.45) is 17.8 Å². The largest absolute Gasteiger partial charge is 0.462 e. The van der Waals surface area contributed by atoms with Crippen LogP contribution < -0.4 is 0 Å². The van der Waals surface area contributed by atoms with Crippen LogP contribution in [0.3, 0.4) is 0 Å². The van der Waals surface area contributed by atoms with E-state index in [1.807, 2.05) is 0 Å². The summed E-state index contributed by atoms with van der Waals surface area (Å²) in [6, 6.07) is 0. The predicted molar refractivity (Wildman–Crippen MR) is 266 cm³/mol. The Morgan fingerprint density at radius 3 is 0.694 bits per heavy atom. The van der Waals surface area contributed by atoms with Crippen molar-refractivity contribution in [3.05, 3.63) is 0 Å². The quantitative estimate of drug-likeness (QED) is 0.0344. The van der Waals surface area contributed by atoms with Gasteiger partial charge < -0.3 is 14.2 Å². The van der Waals surface area contributed by atoms with E-state index in [1.165, 1.54) is 186 Å². The van der Waals surface area contributed by atoms with Gasteiger partial charge in [0.25, 0.3) is 0 Å². The summed E-state index contributed by atoms with van der Waals surface area (Å²) in [5.41, 5.74) is 0. The molecule has 0 amide bonds. The molecule has 0 N–H and O–H groups in total. The molecule has 0 aromatic rings. The van der Waals surface area contributed by atoms with Gasteiger partial charge in [-0.2, -0.15) is 0 Å². The minimum atomic E-state index is -0.763. The Hall–Kier alpha value is -1.59. The fourth-order valence-corrected chi connectivity index (χ4v) is 8.47. The summed E-state index contributed by atoms with van der Waals surface area (Å²) in [6.45, 7) is 13.7. The number of unbranched alkanes of at least 4 members (excludes halogenated alkanes) is 32. The normalized spacial score (nSPS) is 12.1. The average molecular weight is 877 g/mol. The number of ether oxygens (including phenoxy) is 3. The number of hydrogen-bond donors (Lipinski definition) is 0. The molecule has 368 valence electrons. The zero-order valence-electron chi connectivity index (χ0n) is 42.7. The summed E-state index contributed by atoms with van der Waals surface area (Å²) in [5, 5.41) is 0. The van der Waals surface area contributed by atoms with Crippen molar-refractivity contribution in [1.29, 1.82) is 0 Å². The van der Waals surface area contributed by atoms with Crippen LogP contribution in [0.2, 0.25) is 0 Å². The van der Waals surface area contributed by atoms with Crippen LogP contribution in [0.15, 0.2) is 0 Å². The van der Waals surface area contributed by atoms with Crippen LogP contribution in [0.5, 0.6) is 0 Å². The van der Waals surface area contributed by atoms with E-state index in [0.29, 0.717) is 19.3 Å². The molecule has 62 heavy (non-hydrogen) atoms. The van der Waals surface area contributed by atoms with Crippen LogP contribution in [-0.2, 0) is 28.6 Å². The molecule has 0 aromatic carbocycles. The van der Waals surface area contributed by atoms with Gasteiger partial charge in [-0.3, -0.25) is 14.4 Å². The molecule has 6 heteroatoms. The van der Waals surface area contributed by atoms with Gasteiger partial charge in [0.1, 0.15) is 13.2 Å². The van der Waals surface area contributed by atoms with Crippen LogP contribution in [0.4, 0.5) is 0 Å². The number of carbonyl (C=O) groups is 3. The van der Waals surface area contributed by atoms with E-state index in [0.717, 1.165) is 75.5 Å². The van der Waals surface area contributed by atoms with Crippen molar-refractivity contribution in [3.8, 4) is 0 Å². The van der Waals surface area contributed by atoms with Crippen molar-refractivity contribution in [3.63, 3.8) is 0 Å². The summed E-state index contributed by atoms with van der Waals surface area (Å²) in [6.07, 6.45) is 48.0. The number of carbonyl (C=O) groups excluding carboxylic acids is 3. The lowest BCUT2D eigenvalue weighted by Crippen LogP contribution is -2.30. The van der Waals surface area contributed by atoms with E-state index in [2.05, 4.69) is 41.5 Å². The third-order valence-electron chi connectivity index (χ3n) is 12.6. The third-order valence-corrected chi connectivity index (χ3v) is 12.6. The van der Waals surface area contributed by atoms with Crippen molar-refractivity contribution >= 4 is 17.9 Å². The second kappa shape index (κ2) is 47.4. The van der Waals surface area contributed by atoms with Gasteiger partial charge in [-0.15, -0.1) is 0 Å². The molecule has 0 fully saturated rings. The Labute approximate surface area is 387 Å². The second-order valence-electron chi connectivity index (χ2n) is 20.6. The van der Waals surface area contributed by atoms with Gasteiger partial charge >= 0.3 is 17.9 Å². The lowest BCUT2D eigenvalue weighted by atomic mass is 10.0. The standard InChI is InChI=1S/C56H108O6/c1-50(2)42-36-30-24-18-12-8-7-9-14-21-27-33-39-45-54(57)60-48-53(62-56(59)47-41-35-29-23-17-16-20-26-32-38-44-52(5)6)49-61-55(58)46-40-34-28-22-15-11-10-13-19-25-31-37-43-51(3)4/h50-53H,7-49H2,1-6H3/t53-/m1/s1. The lowest BCUT2D eigenvalue weighted by molar-refractivity contribution is -0.167. The maximum Gasteiger partial charge on any atom is 0.306 e. The van der Waals surface area contributed by atoms with E-state index < -0.39 is 6.10 Å². The molecule has 0 saturated carbocycles.